The smallest absolute Gasteiger partial charge is 0.267 e. The van der Waals surface area contributed by atoms with Crippen molar-refractivity contribution in [3.8, 4) is 11.3 Å². The van der Waals surface area contributed by atoms with Crippen molar-refractivity contribution in [2.45, 2.75) is 33.7 Å². The molecular weight excluding hydrogens is 338 g/mol. The van der Waals surface area contributed by atoms with Crippen LogP contribution in [0, 0.1) is 20.8 Å². The van der Waals surface area contributed by atoms with Gasteiger partial charge in [-0.05, 0) is 57.0 Å². The predicted molar refractivity (Wildman–Crippen MR) is 108 cm³/mol. The molecule has 2 aromatic carbocycles. The van der Waals surface area contributed by atoms with Crippen LogP contribution in [-0.2, 0) is 4.79 Å². The summed E-state index contributed by atoms with van der Waals surface area (Å²) < 4.78 is 1.23. The van der Waals surface area contributed by atoms with Crippen LogP contribution >= 0.6 is 0 Å². The topological polar surface area (TPSA) is 64.0 Å². The van der Waals surface area contributed by atoms with E-state index in [2.05, 4.69) is 10.4 Å². The highest BCUT2D eigenvalue weighted by Crippen LogP contribution is 2.18. The van der Waals surface area contributed by atoms with Crippen LogP contribution in [0.3, 0.4) is 0 Å². The van der Waals surface area contributed by atoms with Crippen LogP contribution in [0.15, 0.2) is 59.4 Å². The second-order valence-electron chi connectivity index (χ2n) is 6.91. The number of carbonyl (C=O) groups is 1. The SMILES string of the molecule is Cc1ccc(-c2ccc(=O)n(C(C)C(=O)Nc3cc(C)cc(C)c3)n2)cc1. The van der Waals surface area contributed by atoms with Gasteiger partial charge in [0.05, 0.1) is 5.69 Å². The fourth-order valence-corrected chi connectivity index (χ4v) is 2.99. The molecule has 5 nitrogen and oxygen atoms in total. The molecular formula is C22H23N3O2. The molecule has 1 N–H and O–H groups in total. The average molecular weight is 361 g/mol. The molecule has 3 rings (SSSR count). The minimum absolute atomic E-state index is 0.282. The Morgan fingerprint density at radius 3 is 2.19 bits per heavy atom. The Morgan fingerprint density at radius 1 is 0.926 bits per heavy atom. The van der Waals surface area contributed by atoms with Crippen LogP contribution in [-0.4, -0.2) is 15.7 Å². The van der Waals surface area contributed by atoms with Gasteiger partial charge in [-0.3, -0.25) is 9.59 Å². The minimum atomic E-state index is -0.733. The standard InChI is InChI=1S/C22H23N3O2/c1-14-5-7-18(8-6-14)20-9-10-21(26)25(24-20)17(4)22(27)23-19-12-15(2)11-16(3)13-19/h5-13,17H,1-4H3,(H,23,27). The van der Waals surface area contributed by atoms with Gasteiger partial charge in [-0.15, -0.1) is 0 Å². The summed E-state index contributed by atoms with van der Waals surface area (Å²) >= 11 is 0. The molecule has 1 atom stereocenters. The number of rotatable bonds is 4. The van der Waals surface area contributed by atoms with Gasteiger partial charge in [0, 0.05) is 17.3 Å². The third kappa shape index (κ3) is 4.31. The van der Waals surface area contributed by atoms with Crippen molar-refractivity contribution < 1.29 is 4.79 Å². The Hall–Kier alpha value is -3.21. The van der Waals surface area contributed by atoms with Crippen molar-refractivity contribution >= 4 is 11.6 Å². The van der Waals surface area contributed by atoms with Gasteiger partial charge in [0.15, 0.2) is 0 Å². The summed E-state index contributed by atoms with van der Waals surface area (Å²) in [6.07, 6.45) is 0. The first-order chi connectivity index (χ1) is 12.8. The number of nitrogens with one attached hydrogen (secondary N) is 1. The van der Waals surface area contributed by atoms with Crippen LogP contribution in [0.5, 0.6) is 0 Å². The lowest BCUT2D eigenvalue weighted by Gasteiger charge is -2.15. The third-order valence-electron chi connectivity index (χ3n) is 4.41. The Kier molecular flexibility index (Phi) is 5.21. The van der Waals surface area contributed by atoms with E-state index < -0.39 is 6.04 Å². The maximum Gasteiger partial charge on any atom is 0.267 e. The van der Waals surface area contributed by atoms with E-state index in [-0.39, 0.29) is 11.5 Å². The first kappa shape index (κ1) is 18.6. The van der Waals surface area contributed by atoms with Gasteiger partial charge >= 0.3 is 0 Å². The molecule has 0 bridgehead atoms. The molecule has 0 spiro atoms. The lowest BCUT2D eigenvalue weighted by molar-refractivity contribution is -0.119. The summed E-state index contributed by atoms with van der Waals surface area (Å²) in [5.74, 6) is -0.282. The third-order valence-corrected chi connectivity index (χ3v) is 4.41. The molecule has 0 aliphatic rings. The first-order valence-electron chi connectivity index (χ1n) is 8.89. The highest BCUT2D eigenvalue weighted by molar-refractivity contribution is 5.93. The van der Waals surface area contributed by atoms with E-state index in [0.29, 0.717) is 11.4 Å². The van der Waals surface area contributed by atoms with Gasteiger partial charge in [-0.2, -0.15) is 5.10 Å². The van der Waals surface area contributed by atoms with Crippen molar-refractivity contribution in [3.63, 3.8) is 0 Å². The summed E-state index contributed by atoms with van der Waals surface area (Å²) in [6.45, 7) is 7.63. The second kappa shape index (κ2) is 7.58. The molecule has 0 aliphatic carbocycles. The number of carbonyl (C=O) groups excluding carboxylic acids is 1. The summed E-state index contributed by atoms with van der Waals surface area (Å²) in [7, 11) is 0. The molecule has 1 amide bonds. The molecule has 0 saturated carbocycles. The van der Waals surface area contributed by atoms with Gasteiger partial charge in [0.2, 0.25) is 5.91 Å². The normalized spacial score (nSPS) is 11.9. The van der Waals surface area contributed by atoms with Crippen molar-refractivity contribution in [2.75, 3.05) is 5.32 Å². The predicted octanol–water partition coefficient (Wildman–Crippen LogP) is 4.04. The summed E-state index contributed by atoms with van der Waals surface area (Å²) in [4.78, 5) is 25.0. The zero-order valence-corrected chi connectivity index (χ0v) is 16.0. The number of hydrogen-bond donors (Lipinski definition) is 1. The van der Waals surface area contributed by atoms with Crippen LogP contribution in [0.1, 0.15) is 29.7 Å². The number of anilines is 1. The summed E-state index contributed by atoms with van der Waals surface area (Å²) in [6, 6.07) is 16.1. The highest BCUT2D eigenvalue weighted by Gasteiger charge is 2.18. The Balaban J connectivity index is 1.88. The summed E-state index contributed by atoms with van der Waals surface area (Å²) in [5.41, 5.74) is 5.23. The largest absolute Gasteiger partial charge is 0.324 e. The van der Waals surface area contributed by atoms with E-state index in [4.69, 9.17) is 0 Å². The monoisotopic (exact) mass is 361 g/mol. The lowest BCUT2D eigenvalue weighted by Crippen LogP contribution is -2.33. The van der Waals surface area contributed by atoms with Crippen molar-refractivity contribution in [1.82, 2.24) is 9.78 Å². The molecule has 5 heteroatoms. The van der Waals surface area contributed by atoms with Crippen molar-refractivity contribution in [2.24, 2.45) is 0 Å². The zero-order valence-electron chi connectivity index (χ0n) is 16.0. The maximum absolute atomic E-state index is 12.7. The number of aryl methyl sites for hydroxylation is 3. The summed E-state index contributed by atoms with van der Waals surface area (Å²) in [5, 5.41) is 7.29. The minimum Gasteiger partial charge on any atom is -0.324 e. The molecule has 3 aromatic rings. The first-order valence-corrected chi connectivity index (χ1v) is 8.89. The van der Waals surface area contributed by atoms with Crippen LogP contribution < -0.4 is 10.9 Å². The number of nitrogens with zero attached hydrogens (tertiary/aromatic N) is 2. The molecule has 0 fully saturated rings. The highest BCUT2D eigenvalue weighted by atomic mass is 16.2. The van der Waals surface area contributed by atoms with E-state index in [9.17, 15) is 9.59 Å². The molecule has 0 aliphatic heterocycles. The van der Waals surface area contributed by atoms with Crippen LogP contribution in [0.4, 0.5) is 5.69 Å². The van der Waals surface area contributed by atoms with Crippen molar-refractivity contribution in [3.05, 3.63) is 81.6 Å². The number of hydrogen-bond acceptors (Lipinski definition) is 3. The fourth-order valence-electron chi connectivity index (χ4n) is 2.99. The van der Waals surface area contributed by atoms with Crippen LogP contribution in [0.2, 0.25) is 0 Å². The van der Waals surface area contributed by atoms with Gasteiger partial charge in [-0.25, -0.2) is 4.68 Å². The van der Waals surface area contributed by atoms with Gasteiger partial charge in [-0.1, -0.05) is 35.9 Å². The Morgan fingerprint density at radius 2 is 1.56 bits per heavy atom. The Bertz CT molecular complexity index is 1020. The molecule has 0 saturated heterocycles. The van der Waals surface area contributed by atoms with E-state index >= 15 is 0 Å². The maximum atomic E-state index is 12.7. The van der Waals surface area contributed by atoms with Gasteiger partial charge < -0.3 is 5.32 Å². The molecule has 138 valence electrons. The van der Waals surface area contributed by atoms with E-state index in [1.807, 2.05) is 63.2 Å². The molecule has 1 heterocycles. The van der Waals surface area contributed by atoms with E-state index in [0.717, 1.165) is 22.3 Å². The second-order valence-corrected chi connectivity index (χ2v) is 6.91. The molecule has 0 radical (unpaired) electrons. The number of aromatic nitrogens is 2. The average Bonchev–Trinajstić information content (AvgIpc) is 2.61. The number of amides is 1. The molecule has 1 aromatic heterocycles. The molecule has 1 unspecified atom stereocenters. The van der Waals surface area contributed by atoms with E-state index in [1.54, 1.807) is 13.0 Å². The van der Waals surface area contributed by atoms with Gasteiger partial charge in [0.1, 0.15) is 6.04 Å². The Labute approximate surface area is 158 Å². The van der Waals surface area contributed by atoms with Gasteiger partial charge in [0.25, 0.3) is 5.56 Å². The molecule has 27 heavy (non-hydrogen) atoms. The van der Waals surface area contributed by atoms with Crippen LogP contribution in [0.25, 0.3) is 11.3 Å². The quantitative estimate of drug-likeness (QED) is 0.763. The van der Waals surface area contributed by atoms with E-state index in [1.165, 1.54) is 10.7 Å². The zero-order chi connectivity index (χ0) is 19.6. The number of benzene rings is 2. The fraction of sp³-hybridized carbons (Fsp3) is 0.227. The lowest BCUT2D eigenvalue weighted by atomic mass is 10.1. The van der Waals surface area contributed by atoms with Crippen molar-refractivity contribution in [1.29, 1.82) is 0 Å².